The normalized spacial score (nSPS) is 12.2. The minimum absolute atomic E-state index is 0.229. The zero-order valence-electron chi connectivity index (χ0n) is 7.16. The van der Waals surface area contributed by atoms with Gasteiger partial charge in [-0.1, -0.05) is 6.92 Å². The van der Waals surface area contributed by atoms with E-state index in [1.165, 1.54) is 7.11 Å². The Bertz CT molecular complexity index is 169. The fourth-order valence-electron chi connectivity index (χ4n) is 0.747. The monoisotopic (exact) mass is 175 g/mol. The molecule has 0 saturated heterocycles. The van der Waals surface area contributed by atoms with E-state index >= 15 is 0 Å². The molecule has 0 rings (SSSR count). The molecule has 0 saturated carbocycles. The lowest BCUT2D eigenvalue weighted by atomic mass is 10.2. The van der Waals surface area contributed by atoms with Gasteiger partial charge in [0.2, 0.25) is 0 Å². The van der Waals surface area contributed by atoms with E-state index in [1.807, 2.05) is 0 Å². The number of carbonyl (C=O) groups excluding carboxylic acids is 1. The van der Waals surface area contributed by atoms with Crippen LogP contribution in [0.1, 0.15) is 13.3 Å². The van der Waals surface area contributed by atoms with Crippen molar-refractivity contribution >= 4 is 11.9 Å². The van der Waals surface area contributed by atoms with Crippen molar-refractivity contribution in [3.05, 3.63) is 0 Å². The van der Waals surface area contributed by atoms with Gasteiger partial charge in [-0.2, -0.15) is 0 Å². The zero-order chi connectivity index (χ0) is 9.56. The number of esters is 1. The Labute approximate surface area is 70.7 Å². The van der Waals surface area contributed by atoms with Gasteiger partial charge in [0.1, 0.15) is 6.04 Å². The fraction of sp³-hybridized carbons (Fsp3) is 0.714. The maximum absolute atomic E-state index is 10.9. The number of hydrogen-bond donors (Lipinski definition) is 2. The molecule has 5 nitrogen and oxygen atoms in total. The molecule has 1 unspecified atom stereocenters. The number of methoxy groups -OCH3 is 1. The van der Waals surface area contributed by atoms with Crippen LogP contribution in [0, 0.1) is 0 Å². The van der Waals surface area contributed by atoms with Gasteiger partial charge >= 0.3 is 11.9 Å². The van der Waals surface area contributed by atoms with Crippen LogP contribution in [-0.2, 0) is 14.3 Å². The molecule has 0 radical (unpaired) electrons. The number of carboxylic acids is 1. The molecule has 0 aliphatic carbocycles. The van der Waals surface area contributed by atoms with Crippen LogP contribution in [0.5, 0.6) is 0 Å². The second-order valence-corrected chi connectivity index (χ2v) is 2.26. The van der Waals surface area contributed by atoms with E-state index in [0.29, 0.717) is 6.42 Å². The first-order valence-corrected chi connectivity index (χ1v) is 3.64. The Morgan fingerprint density at radius 3 is 2.50 bits per heavy atom. The molecule has 70 valence electrons. The third kappa shape index (κ3) is 3.92. The molecule has 0 aliphatic heterocycles. The van der Waals surface area contributed by atoms with Crippen molar-refractivity contribution in [2.24, 2.45) is 0 Å². The molecule has 0 heterocycles. The van der Waals surface area contributed by atoms with Crippen molar-refractivity contribution in [2.75, 3.05) is 13.7 Å². The maximum Gasteiger partial charge on any atom is 0.322 e. The molecule has 0 amide bonds. The summed E-state index contributed by atoms with van der Waals surface area (Å²) in [6.07, 6.45) is 0.514. The summed E-state index contributed by atoms with van der Waals surface area (Å²) < 4.78 is 4.44. The van der Waals surface area contributed by atoms with Crippen molar-refractivity contribution in [3.8, 4) is 0 Å². The van der Waals surface area contributed by atoms with Gasteiger partial charge in [0.05, 0.1) is 13.7 Å². The first-order valence-electron chi connectivity index (χ1n) is 3.64. The third-order valence-corrected chi connectivity index (χ3v) is 1.39. The lowest BCUT2D eigenvalue weighted by molar-refractivity contribution is -0.143. The molecular weight excluding hydrogens is 162 g/mol. The average Bonchev–Trinajstić information content (AvgIpc) is 2.04. The molecule has 2 N–H and O–H groups in total. The van der Waals surface area contributed by atoms with Crippen LogP contribution in [0.4, 0.5) is 0 Å². The van der Waals surface area contributed by atoms with Crippen molar-refractivity contribution in [1.82, 2.24) is 5.32 Å². The van der Waals surface area contributed by atoms with E-state index in [9.17, 15) is 9.59 Å². The largest absolute Gasteiger partial charge is 0.480 e. The average molecular weight is 175 g/mol. The molecule has 0 fully saturated rings. The minimum atomic E-state index is -0.989. The lowest BCUT2D eigenvalue weighted by Crippen LogP contribution is -2.39. The molecule has 1 atom stereocenters. The van der Waals surface area contributed by atoms with E-state index in [-0.39, 0.29) is 6.54 Å². The highest BCUT2D eigenvalue weighted by Crippen LogP contribution is 1.92. The van der Waals surface area contributed by atoms with Gasteiger partial charge in [-0.3, -0.25) is 14.9 Å². The predicted octanol–water partition coefficient (Wildman–Crippen LogP) is -0.388. The Morgan fingerprint density at radius 1 is 1.58 bits per heavy atom. The van der Waals surface area contributed by atoms with Gasteiger partial charge in [-0.25, -0.2) is 0 Å². The maximum atomic E-state index is 10.9. The van der Waals surface area contributed by atoms with E-state index in [2.05, 4.69) is 10.1 Å². The Kier molecular flexibility index (Phi) is 5.03. The Balaban J connectivity index is 3.83. The molecule has 0 aromatic rings. The summed E-state index contributed by atoms with van der Waals surface area (Å²) in [5.74, 6) is -1.42. The first kappa shape index (κ1) is 10.9. The van der Waals surface area contributed by atoms with Crippen LogP contribution in [-0.4, -0.2) is 36.7 Å². The standard InChI is InChI=1S/C7H13NO4/c1-3-5(7(11)12-2)8-4-6(9)10/h5,8H,3-4H2,1-2H3,(H,9,10). The van der Waals surface area contributed by atoms with Crippen LogP contribution in [0.2, 0.25) is 0 Å². The van der Waals surface area contributed by atoms with Gasteiger partial charge in [-0.05, 0) is 6.42 Å². The van der Waals surface area contributed by atoms with Crippen LogP contribution < -0.4 is 5.32 Å². The summed E-state index contributed by atoms with van der Waals surface area (Å²) in [4.78, 5) is 21.0. The number of nitrogens with one attached hydrogen (secondary N) is 1. The van der Waals surface area contributed by atoms with E-state index in [4.69, 9.17) is 5.11 Å². The van der Waals surface area contributed by atoms with Gasteiger partial charge in [0.15, 0.2) is 0 Å². The number of aliphatic carboxylic acids is 1. The number of carbonyl (C=O) groups is 2. The summed E-state index contributed by atoms with van der Waals surface area (Å²) in [5.41, 5.74) is 0. The predicted molar refractivity (Wildman–Crippen MR) is 41.7 cm³/mol. The topological polar surface area (TPSA) is 75.6 Å². The van der Waals surface area contributed by atoms with Crippen LogP contribution in [0.25, 0.3) is 0 Å². The van der Waals surface area contributed by atoms with Gasteiger partial charge in [-0.15, -0.1) is 0 Å². The molecule has 0 bridgehead atoms. The second-order valence-electron chi connectivity index (χ2n) is 2.26. The number of hydrogen-bond acceptors (Lipinski definition) is 4. The molecule has 0 spiro atoms. The minimum Gasteiger partial charge on any atom is -0.480 e. The zero-order valence-corrected chi connectivity index (χ0v) is 7.16. The van der Waals surface area contributed by atoms with Gasteiger partial charge in [0.25, 0.3) is 0 Å². The van der Waals surface area contributed by atoms with Crippen molar-refractivity contribution in [3.63, 3.8) is 0 Å². The molecule has 0 aliphatic rings. The summed E-state index contributed by atoms with van der Waals surface area (Å²) in [6.45, 7) is 1.55. The third-order valence-electron chi connectivity index (χ3n) is 1.39. The first-order chi connectivity index (χ1) is 5.61. The van der Waals surface area contributed by atoms with Gasteiger partial charge < -0.3 is 9.84 Å². The summed E-state index contributed by atoms with van der Waals surface area (Å²) in [6, 6.07) is -0.522. The van der Waals surface area contributed by atoms with E-state index < -0.39 is 18.0 Å². The SMILES string of the molecule is CCC(NCC(=O)O)C(=O)OC. The number of carboxylic acid groups (broad SMARTS) is 1. The van der Waals surface area contributed by atoms with E-state index in [1.54, 1.807) is 6.92 Å². The Hall–Kier alpha value is -1.10. The van der Waals surface area contributed by atoms with Crippen LogP contribution in [0.3, 0.4) is 0 Å². The summed E-state index contributed by atoms with van der Waals surface area (Å²) in [5, 5.41) is 10.8. The smallest absolute Gasteiger partial charge is 0.322 e. The van der Waals surface area contributed by atoms with Crippen molar-refractivity contribution in [2.45, 2.75) is 19.4 Å². The summed E-state index contributed by atoms with van der Waals surface area (Å²) in [7, 11) is 1.27. The van der Waals surface area contributed by atoms with Crippen molar-refractivity contribution < 1.29 is 19.4 Å². The van der Waals surface area contributed by atoms with Crippen molar-refractivity contribution in [1.29, 1.82) is 0 Å². The molecule has 0 aromatic carbocycles. The highest BCUT2D eigenvalue weighted by molar-refractivity contribution is 5.77. The highest BCUT2D eigenvalue weighted by Gasteiger charge is 2.16. The number of ether oxygens (including phenoxy) is 1. The van der Waals surface area contributed by atoms with E-state index in [0.717, 1.165) is 0 Å². The Morgan fingerprint density at radius 2 is 2.17 bits per heavy atom. The number of rotatable bonds is 5. The molecule has 12 heavy (non-hydrogen) atoms. The van der Waals surface area contributed by atoms with Crippen LogP contribution in [0.15, 0.2) is 0 Å². The highest BCUT2D eigenvalue weighted by atomic mass is 16.5. The molecular formula is C7H13NO4. The molecule has 0 aromatic heterocycles. The second kappa shape index (κ2) is 5.54. The summed E-state index contributed by atoms with van der Waals surface area (Å²) >= 11 is 0. The van der Waals surface area contributed by atoms with Crippen LogP contribution >= 0.6 is 0 Å². The lowest BCUT2D eigenvalue weighted by Gasteiger charge is -2.11. The molecule has 5 heteroatoms. The quantitative estimate of drug-likeness (QED) is 0.557. The van der Waals surface area contributed by atoms with Gasteiger partial charge in [0, 0.05) is 0 Å². The fourth-order valence-corrected chi connectivity index (χ4v) is 0.747.